The summed E-state index contributed by atoms with van der Waals surface area (Å²) in [5.41, 5.74) is 2.57. The maximum Gasteiger partial charge on any atom is 0.324 e. The van der Waals surface area contributed by atoms with Gasteiger partial charge in [0.05, 0.1) is 0 Å². The van der Waals surface area contributed by atoms with E-state index in [9.17, 15) is 4.79 Å². The number of nitrogens with zero attached hydrogens (tertiary/aromatic N) is 4. The van der Waals surface area contributed by atoms with Gasteiger partial charge in [0.2, 0.25) is 5.95 Å². The van der Waals surface area contributed by atoms with E-state index in [4.69, 9.17) is 0 Å². The number of amides is 2. The van der Waals surface area contributed by atoms with E-state index in [0.717, 1.165) is 44.6 Å². The molecule has 0 spiro atoms. The number of likely N-dealkylation sites (tertiary alicyclic amines) is 1. The van der Waals surface area contributed by atoms with Crippen molar-refractivity contribution in [1.82, 2.24) is 19.7 Å². The fourth-order valence-electron chi connectivity index (χ4n) is 3.90. The van der Waals surface area contributed by atoms with Crippen LogP contribution in [0, 0.1) is 6.92 Å². The topological polar surface area (TPSA) is 63.1 Å². The van der Waals surface area contributed by atoms with Crippen molar-refractivity contribution in [2.45, 2.75) is 58.0 Å². The number of hydrogen-bond acceptors (Lipinski definition) is 3. The number of hydrogen-bond donors (Lipinski definition) is 1. The quantitative estimate of drug-likeness (QED) is 0.913. The normalized spacial score (nSPS) is 22.7. The summed E-state index contributed by atoms with van der Waals surface area (Å²) in [5, 5.41) is 7.32. The lowest BCUT2D eigenvalue weighted by Gasteiger charge is -2.20. The Kier molecular flexibility index (Phi) is 4.19. The van der Waals surface area contributed by atoms with Gasteiger partial charge in [-0.15, -0.1) is 5.10 Å². The third-order valence-electron chi connectivity index (χ3n) is 5.37. The van der Waals surface area contributed by atoms with E-state index in [2.05, 4.69) is 53.5 Å². The van der Waals surface area contributed by atoms with E-state index in [-0.39, 0.29) is 12.1 Å². The molecule has 3 heterocycles. The van der Waals surface area contributed by atoms with Crippen LogP contribution >= 0.6 is 0 Å². The molecule has 1 aromatic carbocycles. The number of nitrogens with one attached hydrogen (secondary N) is 1. The van der Waals surface area contributed by atoms with Crippen molar-refractivity contribution in [2.24, 2.45) is 0 Å². The van der Waals surface area contributed by atoms with Crippen molar-refractivity contribution >= 4 is 12.0 Å². The number of rotatable bonds is 2. The van der Waals surface area contributed by atoms with Crippen LogP contribution in [0.3, 0.4) is 0 Å². The highest BCUT2D eigenvalue weighted by molar-refractivity contribution is 5.88. The summed E-state index contributed by atoms with van der Waals surface area (Å²) in [4.78, 5) is 19.1. The molecule has 25 heavy (non-hydrogen) atoms. The van der Waals surface area contributed by atoms with Gasteiger partial charge in [-0.1, -0.05) is 29.8 Å². The van der Waals surface area contributed by atoms with Crippen molar-refractivity contribution in [3.8, 4) is 0 Å². The summed E-state index contributed by atoms with van der Waals surface area (Å²) in [7, 11) is 0. The van der Waals surface area contributed by atoms with Crippen LogP contribution in [0.1, 0.15) is 49.1 Å². The average molecular weight is 339 g/mol. The highest BCUT2D eigenvalue weighted by Gasteiger charge is 2.33. The largest absolute Gasteiger partial charge is 0.324 e. The van der Waals surface area contributed by atoms with Crippen LogP contribution in [-0.2, 0) is 13.0 Å². The lowest BCUT2D eigenvalue weighted by molar-refractivity contribution is 0.209. The predicted molar refractivity (Wildman–Crippen MR) is 96.7 cm³/mol. The number of benzene rings is 1. The van der Waals surface area contributed by atoms with E-state index in [0.29, 0.717) is 11.9 Å². The Balaban J connectivity index is 1.43. The Bertz CT molecular complexity index is 743. The van der Waals surface area contributed by atoms with Crippen molar-refractivity contribution in [3.05, 3.63) is 41.2 Å². The van der Waals surface area contributed by atoms with Crippen molar-refractivity contribution < 1.29 is 4.79 Å². The molecule has 6 heteroatoms. The van der Waals surface area contributed by atoms with E-state index >= 15 is 0 Å². The highest BCUT2D eigenvalue weighted by Crippen LogP contribution is 2.32. The summed E-state index contributed by atoms with van der Waals surface area (Å²) in [6.45, 7) is 5.84. The third kappa shape index (κ3) is 3.25. The predicted octanol–water partition coefficient (Wildman–Crippen LogP) is 3.33. The van der Waals surface area contributed by atoms with Crippen molar-refractivity contribution in [3.63, 3.8) is 0 Å². The Morgan fingerprint density at radius 2 is 2.04 bits per heavy atom. The number of urea groups is 1. The lowest BCUT2D eigenvalue weighted by Crippen LogP contribution is -2.37. The van der Waals surface area contributed by atoms with Crippen LogP contribution < -0.4 is 5.32 Å². The minimum Gasteiger partial charge on any atom is -0.321 e. The van der Waals surface area contributed by atoms with Gasteiger partial charge in [0.15, 0.2) is 0 Å². The van der Waals surface area contributed by atoms with Gasteiger partial charge in [-0.05, 0) is 38.7 Å². The number of anilines is 1. The highest BCUT2D eigenvalue weighted by atomic mass is 16.2. The number of carbonyl (C=O) groups excluding carboxylic acids is 1. The molecule has 0 aliphatic carbocycles. The minimum absolute atomic E-state index is 0.0925. The summed E-state index contributed by atoms with van der Waals surface area (Å²) in [6.07, 6.45) is 4.21. The van der Waals surface area contributed by atoms with E-state index in [1.807, 2.05) is 9.58 Å². The fourth-order valence-corrected chi connectivity index (χ4v) is 3.90. The van der Waals surface area contributed by atoms with Crippen LogP contribution in [0.5, 0.6) is 0 Å². The Labute approximate surface area is 148 Å². The SMILES string of the molecule is Cc1ccc(C2CC(C)N(C(=O)Nc3nc4n(n3)CCCC4)C2)cc1. The molecule has 0 radical (unpaired) electrons. The molecule has 132 valence electrons. The summed E-state index contributed by atoms with van der Waals surface area (Å²) in [6, 6.07) is 8.76. The van der Waals surface area contributed by atoms with Crippen molar-refractivity contribution in [2.75, 3.05) is 11.9 Å². The Hall–Kier alpha value is -2.37. The van der Waals surface area contributed by atoms with Crippen molar-refractivity contribution in [1.29, 1.82) is 0 Å². The van der Waals surface area contributed by atoms with Gasteiger partial charge < -0.3 is 4.90 Å². The van der Waals surface area contributed by atoms with Gasteiger partial charge in [0.25, 0.3) is 0 Å². The monoisotopic (exact) mass is 339 g/mol. The first-order valence-electron chi connectivity index (χ1n) is 9.18. The molecule has 2 aromatic rings. The lowest BCUT2D eigenvalue weighted by atomic mass is 9.96. The summed E-state index contributed by atoms with van der Waals surface area (Å²) < 4.78 is 1.92. The zero-order chi connectivity index (χ0) is 17.4. The number of carbonyl (C=O) groups is 1. The first kappa shape index (κ1) is 16.1. The zero-order valence-corrected chi connectivity index (χ0v) is 14.9. The van der Waals surface area contributed by atoms with Gasteiger partial charge in [0.1, 0.15) is 5.82 Å². The maximum absolute atomic E-state index is 12.7. The second-order valence-electron chi connectivity index (χ2n) is 7.31. The van der Waals surface area contributed by atoms with Gasteiger partial charge in [-0.2, -0.15) is 4.98 Å². The number of aryl methyl sites for hydroxylation is 3. The third-order valence-corrected chi connectivity index (χ3v) is 5.37. The molecule has 0 bridgehead atoms. The summed E-state index contributed by atoms with van der Waals surface area (Å²) in [5.74, 6) is 1.81. The molecule has 2 atom stereocenters. The minimum atomic E-state index is -0.0925. The molecule has 2 aliphatic heterocycles. The zero-order valence-electron chi connectivity index (χ0n) is 14.9. The molecule has 6 nitrogen and oxygen atoms in total. The standard InChI is InChI=1S/C19H25N5O/c1-13-6-8-15(9-7-13)16-11-14(2)23(12-16)19(25)21-18-20-17-5-3-4-10-24(17)22-18/h6-9,14,16H,3-5,10-12H2,1-2H3,(H,21,22,25). The molecule has 0 saturated carbocycles. The second kappa shape index (κ2) is 6.50. The Morgan fingerprint density at radius 1 is 1.24 bits per heavy atom. The molecule has 4 rings (SSSR count). The van der Waals surface area contributed by atoms with Gasteiger partial charge in [0, 0.05) is 31.5 Å². The molecule has 1 N–H and O–H groups in total. The molecular weight excluding hydrogens is 314 g/mol. The van der Waals surface area contributed by atoms with E-state index in [1.165, 1.54) is 11.1 Å². The number of aromatic nitrogens is 3. The fraction of sp³-hybridized carbons (Fsp3) is 0.526. The van der Waals surface area contributed by atoms with Gasteiger partial charge >= 0.3 is 6.03 Å². The van der Waals surface area contributed by atoms with Gasteiger partial charge in [-0.25, -0.2) is 9.48 Å². The maximum atomic E-state index is 12.7. The van der Waals surface area contributed by atoms with Crippen LogP contribution in [0.2, 0.25) is 0 Å². The molecule has 1 aromatic heterocycles. The average Bonchev–Trinajstić information content (AvgIpc) is 3.18. The molecule has 1 saturated heterocycles. The van der Waals surface area contributed by atoms with Gasteiger partial charge in [-0.3, -0.25) is 5.32 Å². The molecular formula is C19H25N5O. The second-order valence-corrected chi connectivity index (χ2v) is 7.31. The van der Waals surface area contributed by atoms with Crippen LogP contribution in [0.4, 0.5) is 10.7 Å². The number of fused-ring (bicyclic) bond motifs is 1. The first-order valence-corrected chi connectivity index (χ1v) is 9.18. The Morgan fingerprint density at radius 3 is 2.80 bits per heavy atom. The van der Waals surface area contributed by atoms with Crippen LogP contribution in [0.25, 0.3) is 0 Å². The molecule has 2 unspecified atom stereocenters. The molecule has 2 aliphatic rings. The molecule has 1 fully saturated rings. The van der Waals surface area contributed by atoms with E-state index in [1.54, 1.807) is 0 Å². The van der Waals surface area contributed by atoms with E-state index < -0.39 is 0 Å². The van der Waals surface area contributed by atoms with Crippen LogP contribution in [-0.4, -0.2) is 38.3 Å². The smallest absolute Gasteiger partial charge is 0.321 e. The first-order chi connectivity index (χ1) is 12.1. The molecule has 2 amide bonds. The summed E-state index contributed by atoms with van der Waals surface area (Å²) >= 11 is 0. The van der Waals surface area contributed by atoms with Crippen LogP contribution in [0.15, 0.2) is 24.3 Å².